The van der Waals surface area contributed by atoms with Crippen LogP contribution in [0.2, 0.25) is 0 Å². The molecule has 78 valence electrons. The van der Waals surface area contributed by atoms with Crippen LogP contribution in [0.5, 0.6) is 0 Å². The molecule has 0 saturated carbocycles. The topological polar surface area (TPSA) is 37.3 Å². The number of carbonyl (C=O) groups is 1. The number of carboxylic acids is 1. The fraction of sp³-hybridized carbons (Fsp3) is 0.900. The number of rotatable bonds is 8. The van der Waals surface area contributed by atoms with Gasteiger partial charge in [0.05, 0.1) is 0 Å². The Morgan fingerprint density at radius 1 is 1.00 bits per heavy atom. The van der Waals surface area contributed by atoms with Gasteiger partial charge in [0.15, 0.2) is 0 Å². The van der Waals surface area contributed by atoms with Crippen LogP contribution in [0, 0.1) is 0 Å². The molecule has 0 amide bonds. The average molecular weight is 224 g/mol. The van der Waals surface area contributed by atoms with Crippen LogP contribution in [0.1, 0.15) is 58.3 Å². The van der Waals surface area contributed by atoms with E-state index in [-0.39, 0.29) is 17.4 Å². The molecular weight excluding hydrogens is 204 g/mol. The molecule has 0 aliphatic carbocycles. The molecule has 0 aromatic heterocycles. The number of unbranched alkanes of at least 4 members (excludes halogenated alkanes) is 6. The number of aliphatic carboxylic acids is 1. The van der Waals surface area contributed by atoms with E-state index in [9.17, 15) is 4.79 Å². The Morgan fingerprint density at radius 3 is 1.92 bits per heavy atom. The van der Waals surface area contributed by atoms with Crippen LogP contribution in [0.25, 0.3) is 0 Å². The minimum absolute atomic E-state index is 0. The second-order valence-corrected chi connectivity index (χ2v) is 3.27. The molecule has 0 saturated heterocycles. The van der Waals surface area contributed by atoms with Gasteiger partial charge >= 0.3 is 5.97 Å². The smallest absolute Gasteiger partial charge is 0.303 e. The summed E-state index contributed by atoms with van der Waals surface area (Å²) < 4.78 is 0. The fourth-order valence-corrected chi connectivity index (χ4v) is 1.23. The third-order valence-electron chi connectivity index (χ3n) is 1.99. The zero-order chi connectivity index (χ0) is 9.23. The first-order chi connectivity index (χ1) is 5.77. The predicted octanol–water partition coefficient (Wildman–Crippen LogP) is 3.21. The quantitative estimate of drug-likeness (QED) is 0.643. The molecule has 0 spiro atoms. The van der Waals surface area contributed by atoms with Crippen LogP contribution < -0.4 is 0 Å². The van der Waals surface area contributed by atoms with Crippen molar-refractivity contribution in [2.75, 3.05) is 0 Å². The van der Waals surface area contributed by atoms with Crippen molar-refractivity contribution in [2.24, 2.45) is 0 Å². The third-order valence-corrected chi connectivity index (χ3v) is 1.99. The summed E-state index contributed by atoms with van der Waals surface area (Å²) in [6, 6.07) is 0. The van der Waals surface area contributed by atoms with Crippen molar-refractivity contribution < 1.29 is 27.3 Å². The van der Waals surface area contributed by atoms with Gasteiger partial charge in [0.2, 0.25) is 0 Å². The molecule has 0 atom stereocenters. The fourth-order valence-electron chi connectivity index (χ4n) is 1.23. The Bertz CT molecular complexity index is 115. The van der Waals surface area contributed by atoms with E-state index in [1.807, 2.05) is 0 Å². The van der Waals surface area contributed by atoms with Gasteiger partial charge in [-0.25, -0.2) is 0 Å². The normalized spacial score (nSPS) is 9.31. The molecule has 0 heterocycles. The largest absolute Gasteiger partial charge is 0.481 e. The summed E-state index contributed by atoms with van der Waals surface area (Å²) in [5.74, 6) is -0.663. The molecular formula is C10H20CrO2. The Kier molecular flexibility index (Phi) is 14.3. The maximum absolute atomic E-state index is 10.1. The first-order valence-corrected chi connectivity index (χ1v) is 4.99. The molecule has 0 bridgehead atoms. The van der Waals surface area contributed by atoms with E-state index in [1.165, 1.54) is 32.1 Å². The molecule has 0 aromatic carbocycles. The van der Waals surface area contributed by atoms with Crippen molar-refractivity contribution in [2.45, 2.75) is 58.3 Å². The minimum Gasteiger partial charge on any atom is -0.481 e. The van der Waals surface area contributed by atoms with E-state index >= 15 is 0 Å². The zero-order valence-corrected chi connectivity index (χ0v) is 9.70. The maximum Gasteiger partial charge on any atom is 0.303 e. The number of hydrogen-bond donors (Lipinski definition) is 1. The van der Waals surface area contributed by atoms with Crippen molar-refractivity contribution in [1.29, 1.82) is 0 Å². The van der Waals surface area contributed by atoms with Crippen LogP contribution >= 0.6 is 0 Å². The number of hydrogen-bond acceptors (Lipinski definition) is 1. The van der Waals surface area contributed by atoms with E-state index < -0.39 is 5.97 Å². The van der Waals surface area contributed by atoms with Crippen LogP contribution in [0.15, 0.2) is 0 Å². The second-order valence-electron chi connectivity index (χ2n) is 3.27. The molecule has 3 heteroatoms. The standard InChI is InChI=1S/C10H20O2.Cr/c1-2-3-4-5-6-7-8-9-10(11)12;/h2-9H2,1H3,(H,11,12);. The van der Waals surface area contributed by atoms with Crippen molar-refractivity contribution in [3.63, 3.8) is 0 Å². The van der Waals surface area contributed by atoms with Crippen molar-refractivity contribution in [3.8, 4) is 0 Å². The molecule has 0 aliphatic heterocycles. The zero-order valence-electron chi connectivity index (χ0n) is 8.42. The predicted molar refractivity (Wildman–Crippen MR) is 50.2 cm³/mol. The maximum atomic E-state index is 10.1. The average Bonchev–Trinajstić information content (AvgIpc) is 2.02. The van der Waals surface area contributed by atoms with Gasteiger partial charge in [-0.1, -0.05) is 45.4 Å². The van der Waals surface area contributed by atoms with Crippen molar-refractivity contribution in [1.82, 2.24) is 0 Å². The van der Waals surface area contributed by atoms with Crippen LogP contribution in [-0.2, 0) is 22.2 Å². The van der Waals surface area contributed by atoms with Gasteiger partial charge in [-0.05, 0) is 6.42 Å². The van der Waals surface area contributed by atoms with Gasteiger partial charge < -0.3 is 5.11 Å². The summed E-state index contributed by atoms with van der Waals surface area (Å²) in [4.78, 5) is 10.1. The van der Waals surface area contributed by atoms with Gasteiger partial charge in [-0.2, -0.15) is 0 Å². The molecule has 0 aromatic rings. The van der Waals surface area contributed by atoms with Gasteiger partial charge in [0.1, 0.15) is 0 Å². The first-order valence-electron chi connectivity index (χ1n) is 4.99. The number of carboxylic acid groups (broad SMARTS) is 1. The SMILES string of the molecule is CCCCCCCCCC(=O)O.[Cr]. The van der Waals surface area contributed by atoms with E-state index in [4.69, 9.17) is 5.11 Å². The van der Waals surface area contributed by atoms with E-state index in [0.29, 0.717) is 6.42 Å². The van der Waals surface area contributed by atoms with E-state index in [0.717, 1.165) is 12.8 Å². The van der Waals surface area contributed by atoms with Crippen LogP contribution in [-0.4, -0.2) is 11.1 Å². The first kappa shape index (κ1) is 15.5. The summed E-state index contributed by atoms with van der Waals surface area (Å²) in [6.45, 7) is 2.20. The molecule has 1 N–H and O–H groups in total. The molecule has 2 nitrogen and oxygen atoms in total. The second kappa shape index (κ2) is 12.0. The summed E-state index contributed by atoms with van der Waals surface area (Å²) in [5, 5.41) is 8.35. The molecule has 13 heavy (non-hydrogen) atoms. The molecule has 0 aliphatic rings. The minimum atomic E-state index is -0.663. The summed E-state index contributed by atoms with van der Waals surface area (Å²) in [6.07, 6.45) is 8.64. The summed E-state index contributed by atoms with van der Waals surface area (Å²) in [7, 11) is 0. The molecule has 0 unspecified atom stereocenters. The molecule has 0 fully saturated rings. The Hall–Kier alpha value is 0.00247. The van der Waals surface area contributed by atoms with Gasteiger partial charge in [-0.15, -0.1) is 0 Å². The van der Waals surface area contributed by atoms with Gasteiger partial charge in [-0.3, -0.25) is 4.79 Å². The van der Waals surface area contributed by atoms with E-state index in [1.54, 1.807) is 0 Å². The Morgan fingerprint density at radius 2 is 1.46 bits per heavy atom. The van der Waals surface area contributed by atoms with E-state index in [2.05, 4.69) is 6.92 Å². The monoisotopic (exact) mass is 224 g/mol. The van der Waals surface area contributed by atoms with Crippen molar-refractivity contribution >= 4 is 5.97 Å². The van der Waals surface area contributed by atoms with Crippen LogP contribution in [0.4, 0.5) is 0 Å². The third kappa shape index (κ3) is 14.8. The van der Waals surface area contributed by atoms with Crippen molar-refractivity contribution in [3.05, 3.63) is 0 Å². The van der Waals surface area contributed by atoms with Gasteiger partial charge in [0.25, 0.3) is 0 Å². The molecule has 0 radical (unpaired) electrons. The summed E-state index contributed by atoms with van der Waals surface area (Å²) in [5.41, 5.74) is 0. The van der Waals surface area contributed by atoms with Gasteiger partial charge in [0, 0.05) is 23.8 Å². The Labute approximate surface area is 91.9 Å². The Balaban J connectivity index is 0. The van der Waals surface area contributed by atoms with Crippen LogP contribution in [0.3, 0.4) is 0 Å². The summed E-state index contributed by atoms with van der Waals surface area (Å²) >= 11 is 0. The molecule has 0 rings (SSSR count).